The van der Waals surface area contributed by atoms with Gasteiger partial charge in [-0.2, -0.15) is 0 Å². The van der Waals surface area contributed by atoms with Crippen molar-refractivity contribution in [1.82, 2.24) is 0 Å². The van der Waals surface area contributed by atoms with Gasteiger partial charge in [-0.1, -0.05) is 60.7 Å². The molecule has 140 valence electrons. The summed E-state index contributed by atoms with van der Waals surface area (Å²) >= 11 is 0. The first-order valence-electron chi connectivity index (χ1n) is 8.94. The summed E-state index contributed by atoms with van der Waals surface area (Å²) in [4.78, 5) is 0. The van der Waals surface area contributed by atoms with Crippen molar-refractivity contribution in [3.8, 4) is 17.2 Å². The SMILES string of the molecule is COCCOc1ccc(OCc2ccccc2)cc1OCc1ccccc1. The number of rotatable bonds is 10. The van der Waals surface area contributed by atoms with E-state index in [1.54, 1.807) is 7.11 Å². The van der Waals surface area contributed by atoms with Gasteiger partial charge in [-0.25, -0.2) is 0 Å². The lowest BCUT2D eigenvalue weighted by atomic mass is 10.2. The van der Waals surface area contributed by atoms with Crippen LogP contribution in [0.4, 0.5) is 0 Å². The minimum atomic E-state index is 0.461. The Kier molecular flexibility index (Phi) is 7.13. The molecule has 0 N–H and O–H groups in total. The Morgan fingerprint density at radius 1 is 0.593 bits per heavy atom. The van der Waals surface area contributed by atoms with Crippen LogP contribution in [-0.4, -0.2) is 20.3 Å². The second-order valence-electron chi connectivity index (χ2n) is 6.00. The molecular formula is C23H24O4. The van der Waals surface area contributed by atoms with E-state index in [2.05, 4.69) is 0 Å². The number of methoxy groups -OCH3 is 1. The quantitative estimate of drug-likeness (QED) is 0.481. The highest BCUT2D eigenvalue weighted by Crippen LogP contribution is 2.32. The van der Waals surface area contributed by atoms with E-state index in [0.29, 0.717) is 37.9 Å². The second kappa shape index (κ2) is 10.2. The first-order chi connectivity index (χ1) is 13.3. The molecule has 27 heavy (non-hydrogen) atoms. The third-order valence-corrected chi connectivity index (χ3v) is 3.95. The van der Waals surface area contributed by atoms with E-state index in [-0.39, 0.29) is 0 Å². The molecule has 0 aliphatic heterocycles. The fourth-order valence-corrected chi connectivity index (χ4v) is 2.52. The molecule has 0 radical (unpaired) electrons. The van der Waals surface area contributed by atoms with Gasteiger partial charge < -0.3 is 18.9 Å². The molecule has 4 nitrogen and oxygen atoms in total. The summed E-state index contributed by atoms with van der Waals surface area (Å²) < 4.78 is 22.7. The summed E-state index contributed by atoms with van der Waals surface area (Å²) in [6, 6.07) is 25.7. The molecule has 0 aliphatic carbocycles. The molecule has 0 aromatic heterocycles. The monoisotopic (exact) mass is 364 g/mol. The zero-order valence-corrected chi connectivity index (χ0v) is 15.5. The second-order valence-corrected chi connectivity index (χ2v) is 6.00. The molecule has 0 unspecified atom stereocenters. The van der Waals surface area contributed by atoms with E-state index in [1.165, 1.54) is 0 Å². The summed E-state index contributed by atoms with van der Waals surface area (Å²) in [7, 11) is 1.65. The van der Waals surface area contributed by atoms with Crippen molar-refractivity contribution in [2.75, 3.05) is 20.3 Å². The minimum absolute atomic E-state index is 0.461. The number of ether oxygens (including phenoxy) is 4. The van der Waals surface area contributed by atoms with Gasteiger partial charge in [-0.15, -0.1) is 0 Å². The predicted molar refractivity (Wildman–Crippen MR) is 105 cm³/mol. The molecule has 0 bridgehead atoms. The Morgan fingerprint density at radius 3 is 1.85 bits per heavy atom. The van der Waals surface area contributed by atoms with E-state index < -0.39 is 0 Å². The van der Waals surface area contributed by atoms with E-state index in [0.717, 1.165) is 16.9 Å². The topological polar surface area (TPSA) is 36.9 Å². The lowest BCUT2D eigenvalue weighted by molar-refractivity contribution is 0.142. The Morgan fingerprint density at radius 2 is 1.22 bits per heavy atom. The Labute approximate surface area is 160 Å². The Hall–Kier alpha value is -2.98. The van der Waals surface area contributed by atoms with Crippen LogP contribution in [0.15, 0.2) is 78.9 Å². The summed E-state index contributed by atoms with van der Waals surface area (Å²) in [5.41, 5.74) is 2.21. The molecule has 0 aliphatic rings. The van der Waals surface area contributed by atoms with Gasteiger partial charge in [0.1, 0.15) is 25.6 Å². The van der Waals surface area contributed by atoms with Crippen LogP contribution < -0.4 is 14.2 Å². The normalized spacial score (nSPS) is 10.4. The third kappa shape index (κ3) is 6.04. The van der Waals surface area contributed by atoms with Crippen molar-refractivity contribution >= 4 is 0 Å². The molecule has 3 rings (SSSR count). The largest absolute Gasteiger partial charge is 0.489 e. The third-order valence-electron chi connectivity index (χ3n) is 3.95. The summed E-state index contributed by atoms with van der Waals surface area (Å²) in [6.07, 6.45) is 0. The van der Waals surface area contributed by atoms with Gasteiger partial charge in [0.2, 0.25) is 0 Å². The maximum atomic E-state index is 6.00. The average Bonchev–Trinajstić information content (AvgIpc) is 2.73. The van der Waals surface area contributed by atoms with Crippen LogP contribution in [0, 0.1) is 0 Å². The van der Waals surface area contributed by atoms with Gasteiger partial charge in [-0.05, 0) is 23.3 Å². The summed E-state index contributed by atoms with van der Waals surface area (Å²) in [6.45, 7) is 1.94. The van der Waals surface area contributed by atoms with Crippen LogP contribution in [0.1, 0.15) is 11.1 Å². The lowest BCUT2D eigenvalue weighted by Gasteiger charge is -2.15. The molecule has 0 amide bonds. The Balaban J connectivity index is 1.69. The maximum Gasteiger partial charge on any atom is 0.165 e. The highest BCUT2D eigenvalue weighted by molar-refractivity contribution is 5.45. The molecule has 0 spiro atoms. The molecule has 0 saturated heterocycles. The zero-order chi connectivity index (χ0) is 18.7. The first-order valence-corrected chi connectivity index (χ1v) is 8.94. The van der Waals surface area contributed by atoms with Crippen molar-refractivity contribution in [3.05, 3.63) is 90.0 Å². The van der Waals surface area contributed by atoms with Crippen LogP contribution in [0.5, 0.6) is 17.2 Å². The molecule has 0 heterocycles. The lowest BCUT2D eigenvalue weighted by Crippen LogP contribution is -2.06. The predicted octanol–water partition coefficient (Wildman–Crippen LogP) is 4.87. The van der Waals surface area contributed by atoms with Crippen molar-refractivity contribution in [1.29, 1.82) is 0 Å². The van der Waals surface area contributed by atoms with Crippen LogP contribution in [-0.2, 0) is 18.0 Å². The van der Waals surface area contributed by atoms with Gasteiger partial charge in [0.25, 0.3) is 0 Å². The standard InChI is InChI=1S/C23H24O4/c1-24-14-15-25-22-13-12-21(26-17-19-8-4-2-5-9-19)16-23(22)27-18-20-10-6-3-7-11-20/h2-13,16H,14-15,17-18H2,1H3. The number of hydrogen-bond acceptors (Lipinski definition) is 4. The van der Waals surface area contributed by atoms with Crippen molar-refractivity contribution < 1.29 is 18.9 Å². The number of hydrogen-bond donors (Lipinski definition) is 0. The summed E-state index contributed by atoms with van der Waals surface area (Å²) in [5.74, 6) is 2.07. The van der Waals surface area contributed by atoms with E-state index in [4.69, 9.17) is 18.9 Å². The molecule has 0 atom stereocenters. The highest BCUT2D eigenvalue weighted by Gasteiger charge is 2.09. The average molecular weight is 364 g/mol. The maximum absolute atomic E-state index is 6.00. The van der Waals surface area contributed by atoms with Crippen LogP contribution >= 0.6 is 0 Å². The molecule has 3 aromatic carbocycles. The minimum Gasteiger partial charge on any atom is -0.489 e. The fourth-order valence-electron chi connectivity index (χ4n) is 2.52. The molecule has 0 saturated carbocycles. The van der Waals surface area contributed by atoms with E-state index in [9.17, 15) is 0 Å². The van der Waals surface area contributed by atoms with Crippen LogP contribution in [0.2, 0.25) is 0 Å². The van der Waals surface area contributed by atoms with Gasteiger partial charge in [0, 0.05) is 13.2 Å². The highest BCUT2D eigenvalue weighted by atomic mass is 16.5. The zero-order valence-electron chi connectivity index (χ0n) is 15.5. The Bertz CT molecular complexity index is 803. The number of benzene rings is 3. The fraction of sp³-hybridized carbons (Fsp3) is 0.217. The molecule has 0 fully saturated rings. The van der Waals surface area contributed by atoms with Gasteiger partial charge in [0.05, 0.1) is 6.61 Å². The van der Waals surface area contributed by atoms with Gasteiger partial charge >= 0.3 is 0 Å². The smallest absolute Gasteiger partial charge is 0.165 e. The molecular weight excluding hydrogens is 340 g/mol. The van der Waals surface area contributed by atoms with E-state index in [1.807, 2.05) is 78.9 Å². The van der Waals surface area contributed by atoms with Gasteiger partial charge in [0.15, 0.2) is 11.5 Å². The van der Waals surface area contributed by atoms with Crippen molar-refractivity contribution in [2.45, 2.75) is 13.2 Å². The van der Waals surface area contributed by atoms with Crippen molar-refractivity contribution in [2.24, 2.45) is 0 Å². The van der Waals surface area contributed by atoms with Gasteiger partial charge in [-0.3, -0.25) is 0 Å². The first kappa shape index (κ1) is 18.8. The van der Waals surface area contributed by atoms with Crippen LogP contribution in [0.25, 0.3) is 0 Å². The van der Waals surface area contributed by atoms with Crippen molar-refractivity contribution in [3.63, 3.8) is 0 Å². The van der Waals surface area contributed by atoms with E-state index >= 15 is 0 Å². The molecule has 4 heteroatoms. The summed E-state index contributed by atoms with van der Waals surface area (Å²) in [5, 5.41) is 0. The van der Waals surface area contributed by atoms with Crippen LogP contribution in [0.3, 0.4) is 0 Å². The molecule has 3 aromatic rings.